The van der Waals surface area contributed by atoms with Crippen molar-refractivity contribution in [3.05, 3.63) is 100 Å². The highest BCUT2D eigenvalue weighted by atomic mass is 35.5. The molecule has 150 valence electrons. The smallest absolute Gasteiger partial charge is 0.214 e. The third kappa shape index (κ3) is 3.02. The Balaban J connectivity index is 0.00000204. The summed E-state index contributed by atoms with van der Waals surface area (Å²) in [5.74, 6) is 0. The van der Waals surface area contributed by atoms with Crippen LogP contribution < -0.4 is 10.8 Å². The zero-order valence-corrected chi connectivity index (χ0v) is 17.2. The molecule has 0 spiro atoms. The van der Waals surface area contributed by atoms with Crippen molar-refractivity contribution in [2.24, 2.45) is 4.99 Å². The lowest BCUT2D eigenvalue weighted by molar-refractivity contribution is 1.01. The molecule has 0 unspecified atom stereocenters. The van der Waals surface area contributed by atoms with Crippen molar-refractivity contribution >= 4 is 56.0 Å². The number of pyridine rings is 3. The Morgan fingerprint density at radius 2 is 1.74 bits per heavy atom. The fourth-order valence-electron chi connectivity index (χ4n) is 4.11. The van der Waals surface area contributed by atoms with Crippen LogP contribution in [0.5, 0.6) is 0 Å². The summed E-state index contributed by atoms with van der Waals surface area (Å²) in [6.07, 6.45) is 3.60. The van der Waals surface area contributed by atoms with Crippen LogP contribution in [-0.2, 0) is 6.54 Å². The lowest BCUT2D eigenvalue weighted by Crippen LogP contribution is -2.08. The number of H-pyrrole nitrogens is 1. The van der Waals surface area contributed by atoms with Gasteiger partial charge < -0.3 is 4.98 Å². The van der Waals surface area contributed by atoms with Crippen molar-refractivity contribution in [3.8, 4) is 0 Å². The molecule has 31 heavy (non-hydrogen) atoms. The first kappa shape index (κ1) is 19.2. The first-order chi connectivity index (χ1) is 14.8. The molecule has 6 rings (SSSR count). The first-order valence-corrected chi connectivity index (χ1v) is 9.79. The van der Waals surface area contributed by atoms with Crippen molar-refractivity contribution in [3.63, 3.8) is 0 Å². The van der Waals surface area contributed by atoms with Gasteiger partial charge in [-0.05, 0) is 47.3 Å². The molecule has 5 nitrogen and oxygen atoms in total. The Hall–Kier alpha value is -3.83. The number of hydrogen-bond acceptors (Lipinski definition) is 4. The number of nitrogens with one attached hydrogen (secondary N) is 1. The predicted molar refractivity (Wildman–Crippen MR) is 127 cm³/mol. The maximum atomic E-state index is 13.1. The Morgan fingerprint density at radius 3 is 2.61 bits per heavy atom. The lowest BCUT2D eigenvalue weighted by atomic mass is 10.0. The van der Waals surface area contributed by atoms with Crippen LogP contribution in [-0.4, -0.2) is 15.0 Å². The molecule has 3 aromatic carbocycles. The molecule has 0 aliphatic heterocycles. The van der Waals surface area contributed by atoms with Gasteiger partial charge in [-0.1, -0.05) is 30.3 Å². The zero-order chi connectivity index (χ0) is 20.1. The van der Waals surface area contributed by atoms with Crippen LogP contribution in [0.2, 0.25) is 0 Å². The molecule has 6 heteroatoms. The minimum absolute atomic E-state index is 0. The van der Waals surface area contributed by atoms with E-state index in [2.05, 4.69) is 22.1 Å². The van der Waals surface area contributed by atoms with Gasteiger partial charge in [0.05, 0.1) is 28.5 Å². The van der Waals surface area contributed by atoms with Crippen molar-refractivity contribution in [2.45, 2.75) is 6.54 Å². The van der Waals surface area contributed by atoms with Crippen molar-refractivity contribution in [2.75, 3.05) is 0 Å². The molecule has 0 amide bonds. The number of benzene rings is 3. The van der Waals surface area contributed by atoms with Crippen molar-refractivity contribution in [1.82, 2.24) is 15.0 Å². The van der Waals surface area contributed by atoms with Crippen LogP contribution in [0.25, 0.3) is 43.6 Å². The second-order valence-electron chi connectivity index (χ2n) is 7.33. The zero-order valence-electron chi connectivity index (χ0n) is 16.4. The number of aromatic amines is 1. The topological polar surface area (TPSA) is 71.0 Å². The van der Waals surface area contributed by atoms with E-state index in [0.29, 0.717) is 17.4 Å². The third-order valence-electron chi connectivity index (χ3n) is 5.53. The molecule has 0 radical (unpaired) electrons. The number of rotatable bonds is 2. The summed E-state index contributed by atoms with van der Waals surface area (Å²) in [5, 5.41) is 4.22. The van der Waals surface area contributed by atoms with E-state index in [1.54, 1.807) is 6.20 Å². The van der Waals surface area contributed by atoms with Gasteiger partial charge in [0.15, 0.2) is 0 Å². The van der Waals surface area contributed by atoms with Crippen LogP contribution in [0.15, 0.2) is 88.9 Å². The third-order valence-corrected chi connectivity index (χ3v) is 5.53. The summed E-state index contributed by atoms with van der Waals surface area (Å²) in [4.78, 5) is 30.4. The Morgan fingerprint density at radius 1 is 0.871 bits per heavy atom. The molecule has 0 atom stereocenters. The van der Waals surface area contributed by atoms with Gasteiger partial charge >= 0.3 is 0 Å². The van der Waals surface area contributed by atoms with Crippen LogP contribution >= 0.6 is 12.4 Å². The second-order valence-corrected chi connectivity index (χ2v) is 7.33. The maximum absolute atomic E-state index is 13.1. The van der Waals surface area contributed by atoms with Gasteiger partial charge in [-0.2, -0.15) is 0 Å². The number of hydrogen-bond donors (Lipinski definition) is 1. The van der Waals surface area contributed by atoms with Crippen LogP contribution in [0.3, 0.4) is 0 Å². The summed E-state index contributed by atoms with van der Waals surface area (Å²) in [6.45, 7) is 0.615. The van der Waals surface area contributed by atoms with Crippen LogP contribution in [0, 0.1) is 0 Å². The van der Waals surface area contributed by atoms with E-state index < -0.39 is 0 Å². The molecule has 1 N–H and O–H groups in total. The molecule has 3 heterocycles. The predicted octanol–water partition coefficient (Wildman–Crippen LogP) is 4.74. The minimum Gasteiger partial charge on any atom is -0.359 e. The monoisotopic (exact) mass is 424 g/mol. The number of fused-ring (bicyclic) bond motifs is 4. The first-order valence-electron chi connectivity index (χ1n) is 9.79. The van der Waals surface area contributed by atoms with Gasteiger partial charge in [0.2, 0.25) is 5.43 Å². The average Bonchev–Trinajstić information content (AvgIpc) is 2.81. The molecular formula is C25H17ClN4O. The number of aromatic nitrogens is 3. The molecule has 0 fully saturated rings. The van der Waals surface area contributed by atoms with Gasteiger partial charge in [-0.15, -0.1) is 12.4 Å². The maximum Gasteiger partial charge on any atom is 0.214 e. The molecule has 6 aromatic rings. The average molecular weight is 425 g/mol. The summed E-state index contributed by atoms with van der Waals surface area (Å²) in [6, 6.07) is 21.7. The van der Waals surface area contributed by atoms with Gasteiger partial charge in [0, 0.05) is 28.6 Å². The largest absolute Gasteiger partial charge is 0.359 e. The molecular weight excluding hydrogens is 408 g/mol. The van der Waals surface area contributed by atoms with Crippen LogP contribution in [0.4, 0.5) is 0 Å². The molecule has 0 bridgehead atoms. The van der Waals surface area contributed by atoms with Crippen molar-refractivity contribution < 1.29 is 0 Å². The summed E-state index contributed by atoms with van der Waals surface area (Å²) in [7, 11) is 0. The van der Waals surface area contributed by atoms with Gasteiger partial charge in [0.25, 0.3) is 0 Å². The molecule has 3 aromatic heterocycles. The van der Waals surface area contributed by atoms with E-state index in [1.165, 1.54) is 0 Å². The molecule has 0 aliphatic carbocycles. The summed E-state index contributed by atoms with van der Waals surface area (Å²) >= 11 is 0. The quantitative estimate of drug-likeness (QED) is 0.322. The normalized spacial score (nSPS) is 12.1. The van der Waals surface area contributed by atoms with Gasteiger partial charge in [-0.25, -0.2) is 4.98 Å². The van der Waals surface area contributed by atoms with E-state index in [0.717, 1.165) is 43.6 Å². The number of halogens is 1. The Bertz CT molecular complexity index is 1690. The summed E-state index contributed by atoms with van der Waals surface area (Å²) < 4.78 is 0. The Kier molecular flexibility index (Phi) is 4.60. The molecule has 0 saturated carbocycles. The lowest BCUT2D eigenvalue weighted by Gasteiger charge is -2.10. The SMILES string of the molecule is Cl.O=c1c2ccc[nH]c2c2nccc3c4cc(=NCc5ccccc5)ccc4nc1c32. The second kappa shape index (κ2) is 7.45. The van der Waals surface area contributed by atoms with E-state index in [4.69, 9.17) is 9.98 Å². The minimum atomic E-state index is -0.0768. The van der Waals surface area contributed by atoms with E-state index in [-0.39, 0.29) is 17.8 Å². The Labute approximate surface area is 182 Å². The van der Waals surface area contributed by atoms with Crippen LogP contribution in [0.1, 0.15) is 5.56 Å². The van der Waals surface area contributed by atoms with Gasteiger partial charge in [-0.3, -0.25) is 14.8 Å². The summed E-state index contributed by atoms with van der Waals surface area (Å²) in [5.41, 5.74) is 3.83. The molecule has 0 saturated heterocycles. The highest BCUT2D eigenvalue weighted by Crippen LogP contribution is 2.31. The van der Waals surface area contributed by atoms with Gasteiger partial charge in [0.1, 0.15) is 5.52 Å². The van der Waals surface area contributed by atoms with E-state index >= 15 is 0 Å². The van der Waals surface area contributed by atoms with E-state index in [9.17, 15) is 4.79 Å². The highest BCUT2D eigenvalue weighted by molar-refractivity contribution is 6.23. The standard InChI is InChI=1S/C25H16N4O.ClH/c30-25-18-7-4-11-26-22(18)23-21-17(10-12-27-23)19-13-16(8-9-20(19)29-24(21)25)28-14-15-5-2-1-3-6-15;/h1-13,26H,14H2;1H. The molecule has 0 aliphatic rings. The fourth-order valence-corrected chi connectivity index (χ4v) is 4.11. The van der Waals surface area contributed by atoms with E-state index in [1.807, 2.05) is 60.8 Å². The van der Waals surface area contributed by atoms with Crippen molar-refractivity contribution in [1.29, 1.82) is 0 Å². The highest BCUT2D eigenvalue weighted by Gasteiger charge is 2.16. The number of nitrogens with zero attached hydrogens (tertiary/aromatic N) is 3. The fraction of sp³-hybridized carbons (Fsp3) is 0.0400.